The van der Waals surface area contributed by atoms with Crippen LogP contribution >= 0.6 is 0 Å². The van der Waals surface area contributed by atoms with E-state index in [1.54, 1.807) is 24.0 Å². The van der Waals surface area contributed by atoms with Gasteiger partial charge >= 0.3 is 0 Å². The normalized spacial score (nSPS) is 20.3. The first-order valence-corrected chi connectivity index (χ1v) is 5.69. The number of rotatable bonds is 2. The number of amides is 2. The first-order valence-electron chi connectivity index (χ1n) is 5.69. The molecular weight excluding hydrogens is 220 g/mol. The summed E-state index contributed by atoms with van der Waals surface area (Å²) in [6.07, 6.45) is 4.19. The Kier molecular flexibility index (Phi) is 3.12. The van der Waals surface area contributed by atoms with Crippen molar-refractivity contribution in [2.24, 2.45) is 12.8 Å². The number of nitrogens with zero attached hydrogens (tertiary/aromatic N) is 3. The van der Waals surface area contributed by atoms with E-state index in [4.69, 9.17) is 5.73 Å². The summed E-state index contributed by atoms with van der Waals surface area (Å²) in [5.41, 5.74) is 5.68. The first kappa shape index (κ1) is 11.6. The Bertz CT molecular complexity index is 440. The van der Waals surface area contributed by atoms with Crippen molar-refractivity contribution in [2.45, 2.75) is 25.3 Å². The van der Waals surface area contributed by atoms with Gasteiger partial charge in [-0.2, -0.15) is 5.10 Å². The molecule has 0 aliphatic carbocycles. The maximum absolute atomic E-state index is 12.2. The molecule has 0 saturated carbocycles. The molecular formula is C11H16N4O2. The molecule has 0 bridgehead atoms. The minimum absolute atomic E-state index is 0.214. The van der Waals surface area contributed by atoms with E-state index in [9.17, 15) is 9.59 Å². The highest BCUT2D eigenvalue weighted by Gasteiger charge is 2.31. The predicted octanol–water partition coefficient (Wildman–Crippen LogP) is -0.0999. The number of piperidine rings is 1. The zero-order chi connectivity index (χ0) is 12.4. The zero-order valence-corrected chi connectivity index (χ0v) is 9.80. The number of likely N-dealkylation sites (tertiary alicyclic amines) is 1. The number of hydrogen-bond acceptors (Lipinski definition) is 3. The van der Waals surface area contributed by atoms with E-state index in [1.807, 2.05) is 0 Å². The van der Waals surface area contributed by atoms with E-state index >= 15 is 0 Å². The SMILES string of the molecule is Cn1ccc(C(=O)N2CCCCC2C(N)=O)n1. The maximum atomic E-state index is 12.2. The maximum Gasteiger partial charge on any atom is 0.275 e. The van der Waals surface area contributed by atoms with E-state index in [-0.39, 0.29) is 5.91 Å². The van der Waals surface area contributed by atoms with Crippen LogP contribution in [-0.4, -0.2) is 39.1 Å². The fraction of sp³-hybridized carbons (Fsp3) is 0.545. The van der Waals surface area contributed by atoms with E-state index in [0.717, 1.165) is 12.8 Å². The van der Waals surface area contributed by atoms with E-state index in [2.05, 4.69) is 5.10 Å². The van der Waals surface area contributed by atoms with Gasteiger partial charge in [0, 0.05) is 19.8 Å². The fourth-order valence-corrected chi connectivity index (χ4v) is 2.15. The number of aromatic nitrogens is 2. The summed E-state index contributed by atoms with van der Waals surface area (Å²) in [5.74, 6) is -0.650. The number of aryl methyl sites for hydroxylation is 1. The van der Waals surface area contributed by atoms with Gasteiger partial charge in [0.05, 0.1) is 0 Å². The van der Waals surface area contributed by atoms with Gasteiger partial charge in [-0.3, -0.25) is 14.3 Å². The second-order valence-electron chi connectivity index (χ2n) is 4.29. The second kappa shape index (κ2) is 4.57. The summed E-state index contributed by atoms with van der Waals surface area (Å²) in [6, 6.07) is 1.16. The smallest absolute Gasteiger partial charge is 0.275 e. The Hall–Kier alpha value is -1.85. The van der Waals surface area contributed by atoms with Crippen LogP contribution in [0.1, 0.15) is 29.8 Å². The lowest BCUT2D eigenvalue weighted by Gasteiger charge is -2.33. The Morgan fingerprint density at radius 1 is 1.47 bits per heavy atom. The lowest BCUT2D eigenvalue weighted by molar-refractivity contribution is -0.123. The summed E-state index contributed by atoms with van der Waals surface area (Å²) < 4.78 is 1.57. The van der Waals surface area contributed by atoms with E-state index in [1.165, 1.54) is 4.90 Å². The third-order valence-electron chi connectivity index (χ3n) is 3.02. The molecule has 1 saturated heterocycles. The van der Waals surface area contributed by atoms with Gasteiger partial charge in [0.25, 0.3) is 5.91 Å². The summed E-state index contributed by atoms with van der Waals surface area (Å²) in [7, 11) is 1.75. The van der Waals surface area contributed by atoms with Crippen molar-refractivity contribution < 1.29 is 9.59 Å². The average Bonchev–Trinajstić information content (AvgIpc) is 2.75. The monoisotopic (exact) mass is 236 g/mol. The van der Waals surface area contributed by atoms with Crippen LogP contribution in [0.15, 0.2) is 12.3 Å². The van der Waals surface area contributed by atoms with Gasteiger partial charge < -0.3 is 10.6 Å². The molecule has 6 nitrogen and oxygen atoms in total. The molecule has 0 spiro atoms. The lowest BCUT2D eigenvalue weighted by Crippen LogP contribution is -2.50. The van der Waals surface area contributed by atoms with Crippen molar-refractivity contribution in [3.8, 4) is 0 Å². The van der Waals surface area contributed by atoms with Crippen molar-refractivity contribution in [2.75, 3.05) is 6.54 Å². The van der Waals surface area contributed by atoms with Gasteiger partial charge in [0.2, 0.25) is 5.91 Å². The lowest BCUT2D eigenvalue weighted by atomic mass is 10.0. The number of carbonyl (C=O) groups is 2. The molecule has 1 aromatic heterocycles. The number of primary amides is 1. The molecule has 6 heteroatoms. The number of carbonyl (C=O) groups excluding carboxylic acids is 2. The van der Waals surface area contributed by atoms with Crippen LogP contribution in [0.25, 0.3) is 0 Å². The highest BCUT2D eigenvalue weighted by Crippen LogP contribution is 2.18. The standard InChI is InChI=1S/C11H16N4O2/c1-14-7-5-8(13-14)11(17)15-6-3-2-4-9(15)10(12)16/h5,7,9H,2-4,6H2,1H3,(H2,12,16). The van der Waals surface area contributed by atoms with Gasteiger partial charge in [-0.25, -0.2) is 0 Å². The van der Waals surface area contributed by atoms with Crippen LogP contribution < -0.4 is 5.73 Å². The van der Waals surface area contributed by atoms with Crippen molar-refractivity contribution in [3.05, 3.63) is 18.0 Å². The molecule has 92 valence electrons. The predicted molar refractivity (Wildman–Crippen MR) is 61.1 cm³/mol. The Balaban J connectivity index is 2.19. The minimum Gasteiger partial charge on any atom is -0.368 e. The molecule has 2 rings (SSSR count). The summed E-state index contributed by atoms with van der Waals surface area (Å²) in [6.45, 7) is 0.572. The molecule has 1 aromatic rings. The van der Waals surface area contributed by atoms with E-state index in [0.29, 0.717) is 18.7 Å². The van der Waals surface area contributed by atoms with Crippen LogP contribution in [0.2, 0.25) is 0 Å². The summed E-state index contributed by atoms with van der Waals surface area (Å²) in [5, 5.41) is 4.05. The molecule has 2 N–H and O–H groups in total. The quantitative estimate of drug-likeness (QED) is 0.778. The van der Waals surface area contributed by atoms with Gasteiger partial charge in [-0.1, -0.05) is 0 Å². The van der Waals surface area contributed by atoms with Crippen LogP contribution in [-0.2, 0) is 11.8 Å². The molecule has 2 amide bonds. The largest absolute Gasteiger partial charge is 0.368 e. The molecule has 1 atom stereocenters. The topological polar surface area (TPSA) is 81.2 Å². The molecule has 1 unspecified atom stereocenters. The van der Waals surface area contributed by atoms with Gasteiger partial charge in [0.15, 0.2) is 0 Å². The van der Waals surface area contributed by atoms with E-state index < -0.39 is 11.9 Å². The van der Waals surface area contributed by atoms with Crippen LogP contribution in [0.4, 0.5) is 0 Å². The van der Waals surface area contributed by atoms with Crippen molar-refractivity contribution in [1.29, 1.82) is 0 Å². The average molecular weight is 236 g/mol. The van der Waals surface area contributed by atoms with Crippen molar-refractivity contribution >= 4 is 11.8 Å². The molecule has 1 aliphatic heterocycles. The Labute approximate surface area is 99.4 Å². The molecule has 0 radical (unpaired) electrons. The first-order chi connectivity index (χ1) is 8.09. The molecule has 17 heavy (non-hydrogen) atoms. The molecule has 1 fully saturated rings. The minimum atomic E-state index is -0.488. The highest BCUT2D eigenvalue weighted by molar-refractivity contribution is 5.95. The third-order valence-corrected chi connectivity index (χ3v) is 3.02. The van der Waals surface area contributed by atoms with Gasteiger partial charge in [-0.15, -0.1) is 0 Å². The number of nitrogens with two attached hydrogens (primary N) is 1. The van der Waals surface area contributed by atoms with Gasteiger partial charge in [0.1, 0.15) is 11.7 Å². The second-order valence-corrected chi connectivity index (χ2v) is 4.29. The number of hydrogen-bond donors (Lipinski definition) is 1. The molecule has 1 aliphatic rings. The van der Waals surface area contributed by atoms with Gasteiger partial charge in [-0.05, 0) is 25.3 Å². The van der Waals surface area contributed by atoms with Crippen LogP contribution in [0.5, 0.6) is 0 Å². The van der Waals surface area contributed by atoms with Crippen LogP contribution in [0, 0.1) is 0 Å². The summed E-state index contributed by atoms with van der Waals surface area (Å²) >= 11 is 0. The van der Waals surface area contributed by atoms with Crippen molar-refractivity contribution in [3.63, 3.8) is 0 Å². The van der Waals surface area contributed by atoms with Crippen LogP contribution in [0.3, 0.4) is 0 Å². The third kappa shape index (κ3) is 2.30. The summed E-state index contributed by atoms with van der Waals surface area (Å²) in [4.78, 5) is 25.0. The van der Waals surface area contributed by atoms with Crippen molar-refractivity contribution in [1.82, 2.24) is 14.7 Å². The Morgan fingerprint density at radius 3 is 2.82 bits per heavy atom. The fourth-order valence-electron chi connectivity index (χ4n) is 2.15. The zero-order valence-electron chi connectivity index (χ0n) is 9.80. The highest BCUT2D eigenvalue weighted by atomic mass is 16.2. The molecule has 2 heterocycles. The molecule has 0 aromatic carbocycles. The Morgan fingerprint density at radius 2 is 2.24 bits per heavy atom.